The smallest absolute Gasteiger partial charge is 0.356 e. The molecule has 0 unspecified atom stereocenters. The second-order valence-corrected chi connectivity index (χ2v) is 5.45. The van der Waals surface area contributed by atoms with E-state index in [2.05, 4.69) is 20.9 Å². The fourth-order valence-electron chi connectivity index (χ4n) is 1.49. The number of nitrogens with zero attached hydrogens (tertiary/aromatic N) is 1. The molecule has 0 aliphatic carbocycles. The van der Waals surface area contributed by atoms with Gasteiger partial charge in [0.2, 0.25) is 0 Å². The molecule has 0 amide bonds. The molecule has 1 aromatic heterocycles. The minimum atomic E-state index is -0.976. The number of hydrogen-bond acceptors (Lipinski definition) is 3. The molecule has 5 heteroatoms. The lowest BCUT2D eigenvalue weighted by molar-refractivity contribution is 0.0692. The average Bonchev–Trinajstić information content (AvgIpc) is 2.73. The van der Waals surface area contributed by atoms with Crippen molar-refractivity contribution in [2.75, 3.05) is 0 Å². The van der Waals surface area contributed by atoms with Crippen LogP contribution >= 0.6 is 27.3 Å². The summed E-state index contributed by atoms with van der Waals surface area (Å²) in [6.07, 6.45) is 0.749. The van der Waals surface area contributed by atoms with Crippen molar-refractivity contribution >= 4 is 33.2 Å². The van der Waals surface area contributed by atoms with Crippen molar-refractivity contribution in [2.45, 2.75) is 13.3 Å². The normalized spacial score (nSPS) is 10.5. The van der Waals surface area contributed by atoms with E-state index in [4.69, 9.17) is 5.11 Å². The second kappa shape index (κ2) is 4.98. The monoisotopic (exact) mass is 311 g/mol. The third-order valence-electron chi connectivity index (χ3n) is 2.26. The molecule has 0 aliphatic rings. The standard InChI is InChI=1S/C12H10BrNO2S/c1-2-9-14-10(12(15)16)11(17-9)7-4-3-5-8(13)6-7/h3-6H,2H2,1H3,(H,15,16). The van der Waals surface area contributed by atoms with E-state index in [1.54, 1.807) is 0 Å². The van der Waals surface area contributed by atoms with Gasteiger partial charge in [-0.15, -0.1) is 11.3 Å². The second-order valence-electron chi connectivity index (χ2n) is 3.45. The van der Waals surface area contributed by atoms with E-state index in [9.17, 15) is 4.79 Å². The maximum absolute atomic E-state index is 11.1. The molecule has 0 saturated heterocycles. The number of carboxylic acids is 1. The van der Waals surface area contributed by atoms with Crippen molar-refractivity contribution in [1.29, 1.82) is 0 Å². The fraction of sp³-hybridized carbons (Fsp3) is 0.167. The van der Waals surface area contributed by atoms with E-state index in [1.165, 1.54) is 11.3 Å². The molecule has 2 rings (SSSR count). The first-order valence-corrected chi connectivity index (χ1v) is 6.71. The predicted octanol–water partition coefficient (Wildman–Crippen LogP) is 3.83. The van der Waals surface area contributed by atoms with Crippen LogP contribution < -0.4 is 0 Å². The molecule has 0 bridgehead atoms. The molecule has 1 aromatic carbocycles. The summed E-state index contributed by atoms with van der Waals surface area (Å²) < 4.78 is 0.929. The van der Waals surface area contributed by atoms with Crippen molar-refractivity contribution in [3.8, 4) is 10.4 Å². The van der Waals surface area contributed by atoms with Gasteiger partial charge < -0.3 is 5.11 Å². The lowest BCUT2D eigenvalue weighted by Gasteiger charge is -1.99. The van der Waals surface area contributed by atoms with Gasteiger partial charge in [0.1, 0.15) is 0 Å². The topological polar surface area (TPSA) is 50.2 Å². The summed E-state index contributed by atoms with van der Waals surface area (Å²) in [6, 6.07) is 7.59. The molecule has 0 fully saturated rings. The van der Waals surface area contributed by atoms with Gasteiger partial charge in [-0.25, -0.2) is 9.78 Å². The number of aromatic nitrogens is 1. The number of carbonyl (C=O) groups is 1. The van der Waals surface area contributed by atoms with Gasteiger partial charge in [0, 0.05) is 4.47 Å². The number of aromatic carboxylic acids is 1. The number of hydrogen-bond donors (Lipinski definition) is 1. The van der Waals surface area contributed by atoms with Crippen LogP contribution in [-0.2, 0) is 6.42 Å². The molecule has 2 aromatic rings. The molecular weight excluding hydrogens is 302 g/mol. The predicted molar refractivity (Wildman–Crippen MR) is 71.6 cm³/mol. The van der Waals surface area contributed by atoms with Crippen molar-refractivity contribution in [2.24, 2.45) is 0 Å². The Morgan fingerprint density at radius 3 is 2.88 bits per heavy atom. The number of carboxylic acid groups (broad SMARTS) is 1. The molecule has 1 N–H and O–H groups in total. The Labute approximate surface area is 111 Å². The highest BCUT2D eigenvalue weighted by molar-refractivity contribution is 9.10. The SMILES string of the molecule is CCc1nc(C(=O)O)c(-c2cccc(Br)c2)s1. The molecule has 1 heterocycles. The summed E-state index contributed by atoms with van der Waals surface area (Å²) in [7, 11) is 0. The van der Waals surface area contributed by atoms with E-state index in [1.807, 2.05) is 31.2 Å². The van der Waals surface area contributed by atoms with Crippen molar-refractivity contribution in [3.63, 3.8) is 0 Å². The summed E-state index contributed by atoms with van der Waals surface area (Å²) in [5, 5.41) is 9.98. The molecule has 0 saturated carbocycles. The maximum atomic E-state index is 11.1. The number of aryl methyl sites for hydroxylation is 1. The van der Waals surface area contributed by atoms with E-state index < -0.39 is 5.97 Å². The van der Waals surface area contributed by atoms with Crippen molar-refractivity contribution < 1.29 is 9.90 Å². The number of benzene rings is 1. The summed E-state index contributed by atoms with van der Waals surface area (Å²) in [5.41, 5.74) is 1.03. The molecule has 3 nitrogen and oxygen atoms in total. The van der Waals surface area contributed by atoms with Crippen molar-refractivity contribution in [3.05, 3.63) is 39.4 Å². The van der Waals surface area contributed by atoms with Crippen LogP contribution in [0, 0.1) is 0 Å². The zero-order valence-corrected chi connectivity index (χ0v) is 11.5. The van der Waals surface area contributed by atoms with Gasteiger partial charge in [-0.2, -0.15) is 0 Å². The highest BCUT2D eigenvalue weighted by Gasteiger charge is 2.18. The van der Waals surface area contributed by atoms with Crippen LogP contribution in [0.3, 0.4) is 0 Å². The van der Waals surface area contributed by atoms with Gasteiger partial charge in [-0.05, 0) is 24.1 Å². The largest absolute Gasteiger partial charge is 0.476 e. The zero-order valence-electron chi connectivity index (χ0n) is 9.11. The number of halogens is 1. The first-order chi connectivity index (χ1) is 8.11. The molecule has 0 spiro atoms. The van der Waals surface area contributed by atoms with Crippen LogP contribution in [0.5, 0.6) is 0 Å². The van der Waals surface area contributed by atoms with E-state index in [0.29, 0.717) is 0 Å². The van der Waals surface area contributed by atoms with Crippen LogP contribution in [0.25, 0.3) is 10.4 Å². The first-order valence-electron chi connectivity index (χ1n) is 5.10. The van der Waals surface area contributed by atoms with Crippen LogP contribution in [0.4, 0.5) is 0 Å². The van der Waals surface area contributed by atoms with Crippen LogP contribution in [0.1, 0.15) is 22.4 Å². The third kappa shape index (κ3) is 2.56. The van der Waals surface area contributed by atoms with E-state index >= 15 is 0 Å². The Morgan fingerprint density at radius 2 is 2.29 bits per heavy atom. The van der Waals surface area contributed by atoms with Crippen LogP contribution in [0.15, 0.2) is 28.7 Å². The quantitative estimate of drug-likeness (QED) is 0.937. The third-order valence-corrected chi connectivity index (χ3v) is 4.01. The summed E-state index contributed by atoms with van der Waals surface area (Å²) >= 11 is 4.82. The summed E-state index contributed by atoms with van der Waals surface area (Å²) in [6.45, 7) is 1.97. The van der Waals surface area contributed by atoms with E-state index in [0.717, 1.165) is 26.3 Å². The molecule has 0 atom stereocenters. The molecule has 17 heavy (non-hydrogen) atoms. The highest BCUT2D eigenvalue weighted by atomic mass is 79.9. The van der Waals surface area contributed by atoms with Crippen LogP contribution in [-0.4, -0.2) is 16.1 Å². The van der Waals surface area contributed by atoms with Gasteiger partial charge in [0.15, 0.2) is 5.69 Å². The Morgan fingerprint density at radius 1 is 1.53 bits per heavy atom. The number of rotatable bonds is 3. The summed E-state index contributed by atoms with van der Waals surface area (Å²) in [5.74, 6) is -0.976. The number of thiazole rings is 1. The lowest BCUT2D eigenvalue weighted by atomic mass is 10.1. The Bertz CT molecular complexity index is 565. The Kier molecular flexibility index (Phi) is 3.59. The maximum Gasteiger partial charge on any atom is 0.356 e. The van der Waals surface area contributed by atoms with Gasteiger partial charge in [-0.3, -0.25) is 0 Å². The average molecular weight is 312 g/mol. The van der Waals surface area contributed by atoms with Gasteiger partial charge in [0.05, 0.1) is 9.88 Å². The summed E-state index contributed by atoms with van der Waals surface area (Å²) in [4.78, 5) is 16.0. The molecule has 0 aliphatic heterocycles. The zero-order chi connectivity index (χ0) is 12.4. The Balaban J connectivity index is 2.57. The molecular formula is C12H10BrNO2S. The van der Waals surface area contributed by atoms with Gasteiger partial charge in [-0.1, -0.05) is 35.0 Å². The van der Waals surface area contributed by atoms with Crippen molar-refractivity contribution in [1.82, 2.24) is 4.98 Å². The van der Waals surface area contributed by atoms with Gasteiger partial charge in [0.25, 0.3) is 0 Å². The van der Waals surface area contributed by atoms with Crippen LogP contribution in [0.2, 0.25) is 0 Å². The van der Waals surface area contributed by atoms with E-state index in [-0.39, 0.29) is 5.69 Å². The Hall–Kier alpha value is -1.20. The first kappa shape index (κ1) is 12.3. The van der Waals surface area contributed by atoms with Gasteiger partial charge >= 0.3 is 5.97 Å². The lowest BCUT2D eigenvalue weighted by Crippen LogP contribution is -1.99. The highest BCUT2D eigenvalue weighted by Crippen LogP contribution is 2.32. The fourth-order valence-corrected chi connectivity index (χ4v) is 2.88. The molecule has 88 valence electrons. The minimum absolute atomic E-state index is 0.143. The molecule has 0 radical (unpaired) electrons. The minimum Gasteiger partial charge on any atom is -0.476 e.